The van der Waals surface area contributed by atoms with Crippen LogP contribution in [0.15, 0.2) is 75.9 Å². The van der Waals surface area contributed by atoms with E-state index in [0.29, 0.717) is 34.8 Å². The number of hydrogen-bond donors (Lipinski definition) is 0. The van der Waals surface area contributed by atoms with E-state index in [1.165, 1.54) is 7.11 Å². The Labute approximate surface area is 185 Å². The average molecular weight is 430 g/mol. The lowest BCUT2D eigenvalue weighted by molar-refractivity contribution is 0.0600. The molecule has 0 N–H and O–H groups in total. The molecule has 32 heavy (non-hydrogen) atoms. The molecule has 0 fully saturated rings. The van der Waals surface area contributed by atoms with E-state index in [1.807, 2.05) is 49.4 Å². The average Bonchev–Trinajstić information content (AvgIpc) is 2.83. The number of benzene rings is 3. The van der Waals surface area contributed by atoms with Crippen molar-refractivity contribution < 1.29 is 23.4 Å². The Hall–Kier alpha value is -4.06. The van der Waals surface area contributed by atoms with Crippen LogP contribution in [-0.2, 0) is 11.3 Å². The third-order valence-electron chi connectivity index (χ3n) is 5.30. The second kappa shape index (κ2) is 8.98. The third-order valence-corrected chi connectivity index (χ3v) is 5.30. The normalized spacial score (nSPS) is 10.7. The molecule has 0 atom stereocenters. The van der Waals surface area contributed by atoms with E-state index in [-0.39, 0.29) is 11.6 Å². The minimum absolute atomic E-state index is 0.328. The summed E-state index contributed by atoms with van der Waals surface area (Å²) in [6.45, 7) is 2.22. The molecule has 0 saturated heterocycles. The smallest absolute Gasteiger partial charge is 0.344 e. The van der Waals surface area contributed by atoms with E-state index in [2.05, 4.69) is 0 Å². The molecule has 6 heteroatoms. The minimum Gasteiger partial charge on any atom is -0.497 e. The lowest BCUT2D eigenvalue weighted by Gasteiger charge is -2.11. The predicted octanol–water partition coefficient (Wildman–Crippen LogP) is 5.14. The summed E-state index contributed by atoms with van der Waals surface area (Å²) in [5.74, 6) is 0.982. The lowest BCUT2D eigenvalue weighted by Crippen LogP contribution is -2.06. The van der Waals surface area contributed by atoms with Crippen molar-refractivity contribution in [3.8, 4) is 22.6 Å². The molecule has 0 bridgehead atoms. The van der Waals surface area contributed by atoms with Crippen LogP contribution in [0.2, 0.25) is 0 Å². The van der Waals surface area contributed by atoms with Crippen molar-refractivity contribution in [3.63, 3.8) is 0 Å². The number of rotatable bonds is 6. The van der Waals surface area contributed by atoms with Crippen LogP contribution in [0.5, 0.6) is 11.5 Å². The number of methoxy groups -OCH3 is 2. The van der Waals surface area contributed by atoms with Crippen LogP contribution in [0.4, 0.5) is 0 Å². The van der Waals surface area contributed by atoms with Crippen LogP contribution in [-0.4, -0.2) is 20.2 Å². The quantitative estimate of drug-likeness (QED) is 0.311. The summed E-state index contributed by atoms with van der Waals surface area (Å²) in [6.07, 6.45) is 0. The maximum atomic E-state index is 12.6. The van der Waals surface area contributed by atoms with Gasteiger partial charge in [-0.1, -0.05) is 24.3 Å². The van der Waals surface area contributed by atoms with Crippen molar-refractivity contribution >= 4 is 16.9 Å². The summed E-state index contributed by atoms with van der Waals surface area (Å²) >= 11 is 0. The van der Waals surface area contributed by atoms with Crippen molar-refractivity contribution in [1.29, 1.82) is 0 Å². The van der Waals surface area contributed by atoms with Crippen molar-refractivity contribution in [1.82, 2.24) is 0 Å². The van der Waals surface area contributed by atoms with Gasteiger partial charge < -0.3 is 18.6 Å². The predicted molar refractivity (Wildman–Crippen MR) is 121 cm³/mol. The maximum Gasteiger partial charge on any atom is 0.344 e. The zero-order valence-electron chi connectivity index (χ0n) is 18.0. The summed E-state index contributed by atoms with van der Waals surface area (Å²) < 4.78 is 21.4. The Morgan fingerprint density at radius 3 is 2.25 bits per heavy atom. The standard InChI is InChI=1S/C26H22O6/c1-16-22-14-21(31-15-17-4-6-19(7-5-17)25(27)30-3)12-13-23(22)32-26(28)24(16)18-8-10-20(29-2)11-9-18/h4-14H,15H2,1-3H3. The molecule has 0 radical (unpaired) electrons. The Balaban J connectivity index is 1.61. The Bertz CT molecular complexity index is 1320. The van der Waals surface area contributed by atoms with E-state index in [1.54, 1.807) is 31.4 Å². The number of esters is 1. The molecule has 1 heterocycles. The van der Waals surface area contributed by atoms with Gasteiger partial charge in [0, 0.05) is 5.39 Å². The van der Waals surface area contributed by atoms with Gasteiger partial charge in [0.25, 0.3) is 0 Å². The second-order valence-electron chi connectivity index (χ2n) is 7.25. The third kappa shape index (κ3) is 4.21. The monoisotopic (exact) mass is 430 g/mol. The number of fused-ring (bicyclic) bond motifs is 1. The molecule has 0 spiro atoms. The van der Waals surface area contributed by atoms with E-state index < -0.39 is 0 Å². The molecule has 6 nitrogen and oxygen atoms in total. The van der Waals surface area contributed by atoms with Crippen LogP contribution in [0.1, 0.15) is 21.5 Å². The van der Waals surface area contributed by atoms with Crippen LogP contribution in [0, 0.1) is 6.92 Å². The zero-order chi connectivity index (χ0) is 22.7. The molecule has 3 aromatic carbocycles. The van der Waals surface area contributed by atoms with Gasteiger partial charge in [-0.25, -0.2) is 9.59 Å². The van der Waals surface area contributed by atoms with Gasteiger partial charge in [-0.05, 0) is 66.1 Å². The van der Waals surface area contributed by atoms with Gasteiger partial charge >= 0.3 is 11.6 Å². The molecule has 0 aliphatic rings. The lowest BCUT2D eigenvalue weighted by atomic mass is 9.99. The SMILES string of the molecule is COC(=O)c1ccc(COc2ccc3oc(=O)c(-c4ccc(OC)cc4)c(C)c3c2)cc1. The number of hydrogen-bond acceptors (Lipinski definition) is 6. The first kappa shape index (κ1) is 21.2. The highest BCUT2D eigenvalue weighted by Gasteiger charge is 2.14. The highest BCUT2D eigenvalue weighted by Crippen LogP contribution is 2.30. The maximum absolute atomic E-state index is 12.6. The largest absolute Gasteiger partial charge is 0.497 e. The zero-order valence-corrected chi connectivity index (χ0v) is 18.0. The van der Waals surface area contributed by atoms with Gasteiger partial charge in [0.1, 0.15) is 23.7 Å². The molecule has 1 aromatic heterocycles. The number of carbonyl (C=O) groups excluding carboxylic acids is 1. The van der Waals surface area contributed by atoms with Crippen LogP contribution in [0.25, 0.3) is 22.1 Å². The summed E-state index contributed by atoms with van der Waals surface area (Å²) in [6, 6.07) is 19.7. The fraction of sp³-hybridized carbons (Fsp3) is 0.154. The highest BCUT2D eigenvalue weighted by atomic mass is 16.5. The summed E-state index contributed by atoms with van der Waals surface area (Å²) in [5.41, 5.74) is 3.59. The fourth-order valence-electron chi connectivity index (χ4n) is 3.53. The van der Waals surface area contributed by atoms with Crippen LogP contribution in [0.3, 0.4) is 0 Å². The summed E-state index contributed by atoms with van der Waals surface area (Å²) in [4.78, 5) is 24.2. The van der Waals surface area contributed by atoms with Gasteiger partial charge in [0.2, 0.25) is 0 Å². The number of carbonyl (C=O) groups is 1. The molecule has 4 rings (SSSR count). The van der Waals surface area contributed by atoms with Gasteiger partial charge in [0.15, 0.2) is 0 Å². The van der Waals surface area contributed by atoms with Gasteiger partial charge in [-0.15, -0.1) is 0 Å². The van der Waals surface area contributed by atoms with Crippen molar-refractivity contribution in [3.05, 3.63) is 93.8 Å². The molecule has 0 aliphatic heterocycles. The van der Waals surface area contributed by atoms with E-state index >= 15 is 0 Å². The van der Waals surface area contributed by atoms with Crippen molar-refractivity contribution in [2.24, 2.45) is 0 Å². The minimum atomic E-state index is -0.389. The molecule has 4 aromatic rings. The summed E-state index contributed by atoms with van der Waals surface area (Å²) in [5, 5.41) is 0.800. The first-order chi connectivity index (χ1) is 15.5. The second-order valence-corrected chi connectivity index (χ2v) is 7.25. The van der Waals surface area contributed by atoms with Crippen molar-refractivity contribution in [2.45, 2.75) is 13.5 Å². The van der Waals surface area contributed by atoms with E-state index in [9.17, 15) is 9.59 Å². The molecule has 0 unspecified atom stereocenters. The highest BCUT2D eigenvalue weighted by molar-refractivity contribution is 5.89. The molecular formula is C26H22O6. The Morgan fingerprint density at radius 2 is 1.59 bits per heavy atom. The van der Waals surface area contributed by atoms with Crippen molar-refractivity contribution in [2.75, 3.05) is 14.2 Å². The first-order valence-electron chi connectivity index (χ1n) is 10.0. The van der Waals surface area contributed by atoms with Gasteiger partial charge in [0.05, 0.1) is 25.3 Å². The molecular weight excluding hydrogens is 408 g/mol. The van der Waals surface area contributed by atoms with Crippen LogP contribution >= 0.6 is 0 Å². The van der Waals surface area contributed by atoms with Gasteiger partial charge in [-0.3, -0.25) is 0 Å². The Kier molecular flexibility index (Phi) is 5.94. The van der Waals surface area contributed by atoms with E-state index in [0.717, 1.165) is 22.1 Å². The van der Waals surface area contributed by atoms with Gasteiger partial charge in [-0.2, -0.15) is 0 Å². The topological polar surface area (TPSA) is 75.0 Å². The molecule has 162 valence electrons. The number of aryl methyl sites for hydroxylation is 1. The summed E-state index contributed by atoms with van der Waals surface area (Å²) in [7, 11) is 2.95. The molecule has 0 amide bonds. The molecule has 0 saturated carbocycles. The van der Waals surface area contributed by atoms with Crippen LogP contribution < -0.4 is 15.1 Å². The molecule has 0 aliphatic carbocycles. The Morgan fingerprint density at radius 1 is 0.906 bits per heavy atom. The first-order valence-corrected chi connectivity index (χ1v) is 10.0. The number of ether oxygens (including phenoxy) is 3. The fourth-order valence-corrected chi connectivity index (χ4v) is 3.53. The van der Waals surface area contributed by atoms with E-state index in [4.69, 9.17) is 18.6 Å².